The van der Waals surface area contributed by atoms with Gasteiger partial charge in [-0.25, -0.2) is 9.18 Å². The van der Waals surface area contributed by atoms with E-state index in [0.717, 1.165) is 4.68 Å². The first-order chi connectivity index (χ1) is 15.4. The van der Waals surface area contributed by atoms with E-state index in [9.17, 15) is 15.3 Å². The minimum absolute atomic E-state index is 0.0261. The molecule has 2 aromatic rings. The fourth-order valence-corrected chi connectivity index (χ4v) is 4.12. The number of aryl methyl sites for hydroxylation is 1. The zero-order chi connectivity index (χ0) is 24.8. The number of carbonyl (C=O) groups excluding carboxylic acids is 1. The molecule has 172 valence electrons. The standard InChI is InChI=1S/C24H27FN6O2/c1-8-14-20(25)15(19-17(10-26)12(2)30(7)13(3)18(19)11-27)9-16-21(14)31(29-22(16)28)23(32)33-24(4,5)6/h9,19H,8H2,1-7H3,(H2,28,29). The lowest BCUT2D eigenvalue weighted by atomic mass is 9.79. The quantitative estimate of drug-likeness (QED) is 0.702. The second-order valence-corrected chi connectivity index (χ2v) is 9.00. The topological polar surface area (TPSA) is 121 Å². The van der Waals surface area contributed by atoms with E-state index < -0.39 is 23.4 Å². The van der Waals surface area contributed by atoms with Gasteiger partial charge in [-0.15, -0.1) is 5.10 Å². The van der Waals surface area contributed by atoms with Crippen molar-refractivity contribution in [2.75, 3.05) is 12.8 Å². The van der Waals surface area contributed by atoms with Crippen LogP contribution in [0, 0.1) is 28.5 Å². The van der Waals surface area contributed by atoms with Crippen LogP contribution in [0.3, 0.4) is 0 Å². The van der Waals surface area contributed by atoms with E-state index in [1.54, 1.807) is 53.5 Å². The fourth-order valence-electron chi connectivity index (χ4n) is 4.12. The third-order valence-corrected chi connectivity index (χ3v) is 5.89. The van der Waals surface area contributed by atoms with Crippen LogP contribution in [0.1, 0.15) is 58.6 Å². The van der Waals surface area contributed by atoms with Crippen molar-refractivity contribution in [2.45, 2.75) is 59.5 Å². The summed E-state index contributed by atoms with van der Waals surface area (Å²) in [5.74, 6) is -1.47. The molecule has 0 radical (unpaired) electrons. The number of anilines is 1. The molecule has 0 spiro atoms. The Morgan fingerprint density at radius 3 is 2.24 bits per heavy atom. The highest BCUT2D eigenvalue weighted by Gasteiger charge is 2.35. The van der Waals surface area contributed by atoms with E-state index >= 15 is 4.39 Å². The van der Waals surface area contributed by atoms with E-state index in [-0.39, 0.29) is 40.0 Å². The van der Waals surface area contributed by atoms with Gasteiger partial charge in [0, 0.05) is 35.0 Å². The molecule has 2 heterocycles. The van der Waals surface area contributed by atoms with Crippen molar-refractivity contribution in [3.63, 3.8) is 0 Å². The molecule has 2 N–H and O–H groups in total. The number of ether oxygens (including phenoxy) is 1. The number of halogens is 1. The molecule has 0 amide bonds. The molecule has 0 unspecified atom stereocenters. The highest BCUT2D eigenvalue weighted by Crippen LogP contribution is 2.44. The predicted octanol–water partition coefficient (Wildman–Crippen LogP) is 4.73. The molecule has 1 aromatic carbocycles. The van der Waals surface area contributed by atoms with Crippen molar-refractivity contribution >= 4 is 22.8 Å². The minimum Gasteiger partial charge on any atom is -0.442 e. The van der Waals surface area contributed by atoms with Gasteiger partial charge in [0.15, 0.2) is 5.82 Å². The smallest absolute Gasteiger partial charge is 0.435 e. The Labute approximate surface area is 192 Å². The molecule has 0 atom stereocenters. The number of nitrogen functional groups attached to an aromatic ring is 1. The van der Waals surface area contributed by atoms with Gasteiger partial charge in [-0.1, -0.05) is 6.92 Å². The van der Waals surface area contributed by atoms with Crippen molar-refractivity contribution in [1.82, 2.24) is 14.7 Å². The number of fused-ring (bicyclic) bond motifs is 1. The first-order valence-electron chi connectivity index (χ1n) is 10.6. The Morgan fingerprint density at radius 2 is 1.79 bits per heavy atom. The minimum atomic E-state index is -0.893. The Morgan fingerprint density at radius 1 is 1.24 bits per heavy atom. The average molecular weight is 451 g/mol. The van der Waals surface area contributed by atoms with Crippen molar-refractivity contribution in [3.05, 3.63) is 45.6 Å². The molecule has 1 aromatic heterocycles. The molecule has 0 saturated heterocycles. The van der Waals surface area contributed by atoms with E-state index in [0.29, 0.717) is 16.8 Å². The SMILES string of the molecule is CCc1c(F)c(C2C(C#N)=C(C)N(C)C(C)=C2C#N)cc2c(N)nn(C(=O)OC(C)(C)C)c12. The molecule has 1 aliphatic rings. The van der Waals surface area contributed by atoms with Crippen LogP contribution < -0.4 is 5.73 Å². The fraction of sp³-hybridized carbons (Fsp3) is 0.417. The lowest BCUT2D eigenvalue weighted by molar-refractivity contribution is 0.0523. The maximum Gasteiger partial charge on any atom is 0.435 e. The van der Waals surface area contributed by atoms with Gasteiger partial charge < -0.3 is 15.4 Å². The molecule has 1 aliphatic heterocycles. The van der Waals surface area contributed by atoms with Gasteiger partial charge in [-0.3, -0.25) is 0 Å². The summed E-state index contributed by atoms with van der Waals surface area (Å²) >= 11 is 0. The van der Waals surface area contributed by atoms with E-state index in [2.05, 4.69) is 17.2 Å². The van der Waals surface area contributed by atoms with Crippen LogP contribution in [0.15, 0.2) is 28.6 Å². The van der Waals surface area contributed by atoms with Crippen LogP contribution in [-0.2, 0) is 11.2 Å². The van der Waals surface area contributed by atoms with Crippen LogP contribution >= 0.6 is 0 Å². The van der Waals surface area contributed by atoms with Crippen molar-refractivity contribution in [3.8, 4) is 12.1 Å². The van der Waals surface area contributed by atoms with Gasteiger partial charge in [0.25, 0.3) is 0 Å². The summed E-state index contributed by atoms with van der Waals surface area (Å²) in [5.41, 5.74) is 7.75. The molecular formula is C24H27FN6O2. The second-order valence-electron chi connectivity index (χ2n) is 9.00. The number of nitrogens with zero attached hydrogens (tertiary/aromatic N) is 5. The number of nitriles is 2. The molecule has 8 nitrogen and oxygen atoms in total. The number of allylic oxidation sites excluding steroid dienone is 4. The zero-order valence-corrected chi connectivity index (χ0v) is 19.9. The number of rotatable bonds is 2. The van der Waals surface area contributed by atoms with Crippen molar-refractivity contribution < 1.29 is 13.9 Å². The first-order valence-corrected chi connectivity index (χ1v) is 10.6. The monoisotopic (exact) mass is 450 g/mol. The Bertz CT molecular complexity index is 1280. The maximum atomic E-state index is 16.0. The van der Waals surface area contributed by atoms with Crippen LogP contribution in [0.25, 0.3) is 10.9 Å². The third kappa shape index (κ3) is 3.80. The van der Waals surface area contributed by atoms with Crippen LogP contribution in [0.4, 0.5) is 15.0 Å². The number of carbonyl (C=O) groups is 1. The van der Waals surface area contributed by atoms with E-state index in [1.807, 2.05) is 0 Å². The Kier molecular flexibility index (Phi) is 5.95. The summed E-state index contributed by atoms with van der Waals surface area (Å²) in [4.78, 5) is 14.5. The summed E-state index contributed by atoms with van der Waals surface area (Å²) < 4.78 is 22.4. The van der Waals surface area contributed by atoms with Crippen LogP contribution in [0.2, 0.25) is 0 Å². The first kappa shape index (κ1) is 23.8. The lowest BCUT2D eigenvalue weighted by Gasteiger charge is -2.33. The summed E-state index contributed by atoms with van der Waals surface area (Å²) in [5, 5.41) is 24.3. The van der Waals surface area contributed by atoms with E-state index in [1.165, 1.54) is 6.07 Å². The third-order valence-electron chi connectivity index (χ3n) is 5.89. The van der Waals surface area contributed by atoms with Crippen LogP contribution in [0.5, 0.6) is 0 Å². The number of hydrogen-bond acceptors (Lipinski definition) is 7. The lowest BCUT2D eigenvalue weighted by Crippen LogP contribution is -2.28. The Hall–Kier alpha value is -3.85. The molecule has 3 rings (SSSR count). The van der Waals surface area contributed by atoms with Gasteiger partial charge in [-0.05, 0) is 47.1 Å². The Balaban J connectivity index is 2.37. The van der Waals surface area contributed by atoms with Crippen molar-refractivity contribution in [2.24, 2.45) is 0 Å². The number of hydrogen-bond donors (Lipinski definition) is 1. The van der Waals surface area contributed by atoms with Crippen LogP contribution in [-0.4, -0.2) is 33.4 Å². The molecule has 0 fully saturated rings. The highest BCUT2D eigenvalue weighted by atomic mass is 19.1. The van der Waals surface area contributed by atoms with Gasteiger partial charge in [0.1, 0.15) is 11.4 Å². The van der Waals surface area contributed by atoms with Gasteiger partial charge in [0.05, 0.1) is 34.7 Å². The van der Waals surface area contributed by atoms with Gasteiger partial charge in [-0.2, -0.15) is 15.2 Å². The number of aromatic nitrogens is 2. The highest BCUT2D eigenvalue weighted by molar-refractivity contribution is 5.97. The predicted molar refractivity (Wildman–Crippen MR) is 122 cm³/mol. The normalized spacial score (nSPS) is 15.2. The largest absolute Gasteiger partial charge is 0.442 e. The summed E-state index contributed by atoms with van der Waals surface area (Å²) in [6, 6.07) is 5.79. The summed E-state index contributed by atoms with van der Waals surface area (Å²) in [7, 11) is 1.76. The molecule has 0 saturated carbocycles. The van der Waals surface area contributed by atoms with E-state index in [4.69, 9.17) is 10.5 Å². The van der Waals surface area contributed by atoms with Gasteiger partial charge >= 0.3 is 6.09 Å². The maximum absolute atomic E-state index is 16.0. The molecule has 33 heavy (non-hydrogen) atoms. The zero-order valence-electron chi connectivity index (χ0n) is 19.9. The molecular weight excluding hydrogens is 423 g/mol. The van der Waals surface area contributed by atoms with Crippen molar-refractivity contribution in [1.29, 1.82) is 10.5 Å². The average Bonchev–Trinajstić information content (AvgIpc) is 3.06. The summed E-state index contributed by atoms with van der Waals surface area (Å²) in [6.07, 6.45) is -0.543. The second kappa shape index (κ2) is 8.25. The molecule has 0 bridgehead atoms. The number of benzene rings is 1. The molecule has 0 aliphatic carbocycles. The summed E-state index contributed by atoms with van der Waals surface area (Å²) in [6.45, 7) is 10.4. The molecule has 9 heteroatoms. The number of nitrogens with two attached hydrogens (primary N) is 1. The van der Waals surface area contributed by atoms with Gasteiger partial charge in [0.2, 0.25) is 0 Å².